The van der Waals surface area contributed by atoms with E-state index in [0.717, 1.165) is 0 Å². The lowest BCUT2D eigenvalue weighted by atomic mass is 10.0. The van der Waals surface area contributed by atoms with Crippen molar-refractivity contribution in [3.8, 4) is 0 Å². The molecule has 0 bridgehead atoms. The Labute approximate surface area is 120 Å². The van der Waals surface area contributed by atoms with Crippen molar-refractivity contribution in [3.63, 3.8) is 0 Å². The molecule has 8 heteroatoms. The zero-order valence-corrected chi connectivity index (χ0v) is 12.6. The molecule has 2 saturated heterocycles. The van der Waals surface area contributed by atoms with Gasteiger partial charge in [0.15, 0.2) is 0 Å². The van der Waals surface area contributed by atoms with Gasteiger partial charge in [0.05, 0.1) is 25.7 Å². The Morgan fingerprint density at radius 2 is 1.95 bits per heavy atom. The maximum Gasteiger partial charge on any atom is 0.310 e. The van der Waals surface area contributed by atoms with Gasteiger partial charge in [0.2, 0.25) is 0 Å². The molecular weight excluding hydrogens is 284 g/mol. The van der Waals surface area contributed by atoms with Gasteiger partial charge in [-0.2, -0.15) is 17.0 Å². The van der Waals surface area contributed by atoms with Crippen LogP contribution in [0, 0.1) is 5.92 Å². The molecule has 0 aromatic heterocycles. The van der Waals surface area contributed by atoms with Crippen LogP contribution in [0.2, 0.25) is 0 Å². The second-order valence-corrected chi connectivity index (χ2v) is 6.90. The number of hydrogen-bond donors (Lipinski definition) is 0. The zero-order chi connectivity index (χ0) is 14.6. The number of carbonyl (C=O) groups excluding carboxylic acids is 1. The number of nitrogens with zero attached hydrogens (tertiary/aromatic N) is 2. The molecule has 116 valence electrons. The highest BCUT2D eigenvalue weighted by atomic mass is 32.2. The second-order valence-electron chi connectivity index (χ2n) is 4.97. The SMILES string of the molecule is CCOC(=O)[C@@H]1CCCN(S(=O)(=O)N2CCOCC2)C1. The Kier molecular flexibility index (Phi) is 5.36. The number of piperidine rings is 1. The molecule has 0 N–H and O–H groups in total. The minimum atomic E-state index is -3.49. The standard InChI is InChI=1S/C12H22N2O5S/c1-2-19-12(15)11-4-3-5-14(10-11)20(16,17)13-6-8-18-9-7-13/h11H,2-10H2,1H3/t11-/m1/s1. The molecular formula is C12H22N2O5S. The van der Waals surface area contributed by atoms with Crippen LogP contribution in [0.4, 0.5) is 0 Å². The van der Waals surface area contributed by atoms with Crippen molar-refractivity contribution in [2.24, 2.45) is 5.92 Å². The summed E-state index contributed by atoms with van der Waals surface area (Å²) in [6.45, 7) is 4.37. The fourth-order valence-corrected chi connectivity index (χ4v) is 4.21. The summed E-state index contributed by atoms with van der Waals surface area (Å²) < 4.78 is 38.0. The van der Waals surface area contributed by atoms with Crippen LogP contribution < -0.4 is 0 Å². The van der Waals surface area contributed by atoms with E-state index in [4.69, 9.17) is 9.47 Å². The maximum absolute atomic E-state index is 12.5. The molecule has 0 saturated carbocycles. The van der Waals surface area contributed by atoms with Crippen molar-refractivity contribution in [1.82, 2.24) is 8.61 Å². The molecule has 20 heavy (non-hydrogen) atoms. The lowest BCUT2D eigenvalue weighted by Gasteiger charge is -2.35. The fourth-order valence-electron chi connectivity index (χ4n) is 2.55. The van der Waals surface area contributed by atoms with Gasteiger partial charge in [-0.1, -0.05) is 0 Å². The van der Waals surface area contributed by atoms with Crippen LogP contribution in [0.5, 0.6) is 0 Å². The van der Waals surface area contributed by atoms with E-state index in [1.807, 2.05) is 0 Å². The maximum atomic E-state index is 12.5. The van der Waals surface area contributed by atoms with Crippen molar-refractivity contribution in [2.75, 3.05) is 46.0 Å². The number of rotatable bonds is 4. The normalized spacial score (nSPS) is 26.4. The van der Waals surface area contributed by atoms with Crippen LogP contribution in [-0.4, -0.2) is 69.0 Å². The summed E-state index contributed by atoms with van der Waals surface area (Å²) in [6, 6.07) is 0. The first-order chi connectivity index (χ1) is 9.55. The van der Waals surface area contributed by atoms with Gasteiger partial charge in [-0.3, -0.25) is 4.79 Å². The van der Waals surface area contributed by atoms with Crippen LogP contribution in [0.3, 0.4) is 0 Å². The molecule has 2 heterocycles. The first-order valence-electron chi connectivity index (χ1n) is 7.05. The van der Waals surface area contributed by atoms with Crippen LogP contribution in [0.15, 0.2) is 0 Å². The summed E-state index contributed by atoms with van der Waals surface area (Å²) in [6.07, 6.45) is 1.38. The van der Waals surface area contributed by atoms with Crippen LogP contribution in [0.1, 0.15) is 19.8 Å². The Morgan fingerprint density at radius 1 is 1.25 bits per heavy atom. The fraction of sp³-hybridized carbons (Fsp3) is 0.917. The summed E-state index contributed by atoms with van der Waals surface area (Å²) >= 11 is 0. The highest BCUT2D eigenvalue weighted by Gasteiger charge is 2.36. The Morgan fingerprint density at radius 3 is 2.60 bits per heavy atom. The molecule has 2 aliphatic rings. The summed E-state index contributed by atoms with van der Waals surface area (Å²) in [5, 5.41) is 0. The molecule has 0 radical (unpaired) electrons. The first-order valence-corrected chi connectivity index (χ1v) is 8.45. The third-order valence-corrected chi connectivity index (χ3v) is 5.63. The van der Waals surface area contributed by atoms with E-state index in [0.29, 0.717) is 52.3 Å². The molecule has 0 unspecified atom stereocenters. The van der Waals surface area contributed by atoms with Crippen molar-refractivity contribution < 1.29 is 22.7 Å². The topological polar surface area (TPSA) is 76.2 Å². The van der Waals surface area contributed by atoms with Gasteiger partial charge in [-0.25, -0.2) is 0 Å². The number of carbonyl (C=O) groups is 1. The van der Waals surface area contributed by atoms with Crippen molar-refractivity contribution >= 4 is 16.2 Å². The van der Waals surface area contributed by atoms with Gasteiger partial charge in [-0.15, -0.1) is 0 Å². The van der Waals surface area contributed by atoms with Crippen molar-refractivity contribution in [2.45, 2.75) is 19.8 Å². The van der Waals surface area contributed by atoms with E-state index in [-0.39, 0.29) is 18.4 Å². The van der Waals surface area contributed by atoms with E-state index in [1.165, 1.54) is 8.61 Å². The van der Waals surface area contributed by atoms with Gasteiger partial charge in [-0.05, 0) is 19.8 Å². The summed E-state index contributed by atoms with van der Waals surface area (Å²) in [4.78, 5) is 11.8. The molecule has 0 aliphatic carbocycles. The van der Waals surface area contributed by atoms with Gasteiger partial charge in [0, 0.05) is 26.2 Å². The monoisotopic (exact) mass is 306 g/mol. The first kappa shape index (κ1) is 15.7. The Balaban J connectivity index is 2.01. The lowest BCUT2D eigenvalue weighted by molar-refractivity contribution is -0.149. The van der Waals surface area contributed by atoms with E-state index in [1.54, 1.807) is 6.92 Å². The lowest BCUT2D eigenvalue weighted by Crippen LogP contribution is -2.52. The van der Waals surface area contributed by atoms with Crippen molar-refractivity contribution in [1.29, 1.82) is 0 Å². The molecule has 0 amide bonds. The zero-order valence-electron chi connectivity index (χ0n) is 11.8. The average molecular weight is 306 g/mol. The van der Waals surface area contributed by atoms with Gasteiger partial charge >= 0.3 is 5.97 Å². The predicted octanol–water partition coefficient (Wildman–Crippen LogP) is -0.161. The highest BCUT2D eigenvalue weighted by molar-refractivity contribution is 7.86. The smallest absolute Gasteiger partial charge is 0.310 e. The molecule has 0 spiro atoms. The molecule has 2 rings (SSSR count). The quantitative estimate of drug-likeness (QED) is 0.675. The Hall–Kier alpha value is -0.700. The van der Waals surface area contributed by atoms with Crippen LogP contribution in [0.25, 0.3) is 0 Å². The molecule has 2 aliphatic heterocycles. The molecule has 1 atom stereocenters. The molecule has 7 nitrogen and oxygen atoms in total. The van der Waals surface area contributed by atoms with Crippen LogP contribution in [-0.2, 0) is 24.5 Å². The summed E-state index contributed by atoms with van der Waals surface area (Å²) in [5.74, 6) is -0.645. The predicted molar refractivity (Wildman–Crippen MR) is 72.2 cm³/mol. The second kappa shape index (κ2) is 6.84. The largest absolute Gasteiger partial charge is 0.466 e. The number of esters is 1. The number of ether oxygens (including phenoxy) is 2. The van der Waals surface area contributed by atoms with E-state index >= 15 is 0 Å². The van der Waals surface area contributed by atoms with E-state index in [2.05, 4.69) is 0 Å². The highest BCUT2D eigenvalue weighted by Crippen LogP contribution is 2.22. The minimum Gasteiger partial charge on any atom is -0.466 e. The third-order valence-electron chi connectivity index (χ3n) is 3.63. The Bertz CT molecular complexity index is 433. The van der Waals surface area contributed by atoms with Gasteiger partial charge in [0.25, 0.3) is 10.2 Å². The van der Waals surface area contributed by atoms with Crippen molar-refractivity contribution in [3.05, 3.63) is 0 Å². The average Bonchev–Trinajstić information content (AvgIpc) is 2.48. The summed E-state index contributed by atoms with van der Waals surface area (Å²) in [7, 11) is -3.49. The number of hydrogen-bond acceptors (Lipinski definition) is 5. The van der Waals surface area contributed by atoms with E-state index < -0.39 is 10.2 Å². The van der Waals surface area contributed by atoms with E-state index in [9.17, 15) is 13.2 Å². The molecule has 0 aromatic rings. The molecule has 0 aromatic carbocycles. The third kappa shape index (κ3) is 3.49. The van der Waals surface area contributed by atoms with Crippen LogP contribution >= 0.6 is 0 Å². The summed E-state index contributed by atoms with van der Waals surface area (Å²) in [5.41, 5.74) is 0. The molecule has 2 fully saturated rings. The number of morpholine rings is 1. The minimum absolute atomic E-state index is 0.221. The van der Waals surface area contributed by atoms with Gasteiger partial charge < -0.3 is 9.47 Å². The van der Waals surface area contributed by atoms with Gasteiger partial charge in [0.1, 0.15) is 0 Å².